The third kappa shape index (κ3) is 5.18. The highest BCUT2D eigenvalue weighted by atomic mass is 16.2. The highest BCUT2D eigenvalue weighted by Gasteiger charge is 2.17. The number of benzene rings is 2. The molecular weight excluding hydrogens is 400 g/mol. The van der Waals surface area contributed by atoms with Gasteiger partial charge in [-0.2, -0.15) is 0 Å². The third-order valence-corrected chi connectivity index (χ3v) is 6.43. The van der Waals surface area contributed by atoms with Crippen LogP contribution in [0.1, 0.15) is 65.8 Å². The lowest BCUT2D eigenvalue weighted by Gasteiger charge is -2.22. The molecule has 1 aliphatic carbocycles. The van der Waals surface area contributed by atoms with E-state index in [1.165, 1.54) is 19.3 Å². The van der Waals surface area contributed by atoms with Gasteiger partial charge < -0.3 is 15.2 Å². The van der Waals surface area contributed by atoms with Crippen molar-refractivity contribution in [2.24, 2.45) is 0 Å². The summed E-state index contributed by atoms with van der Waals surface area (Å²) < 4.78 is 2.06. The number of carbonyl (C=O) groups is 2. The molecule has 32 heavy (non-hydrogen) atoms. The maximum Gasteiger partial charge on any atom is 0.251 e. The van der Waals surface area contributed by atoms with Crippen LogP contribution in [0.25, 0.3) is 11.0 Å². The average molecular weight is 433 g/mol. The first-order valence-corrected chi connectivity index (χ1v) is 11.6. The second-order valence-corrected chi connectivity index (χ2v) is 8.78. The van der Waals surface area contributed by atoms with Gasteiger partial charge in [0.15, 0.2) is 0 Å². The van der Waals surface area contributed by atoms with Crippen molar-refractivity contribution >= 4 is 22.8 Å². The number of imidazole rings is 1. The van der Waals surface area contributed by atoms with Crippen molar-refractivity contribution in [3.05, 3.63) is 65.0 Å². The number of fused-ring (bicyclic) bond motifs is 1. The standard InChI is InChI=1S/C26H32N4O2/c1-18-8-6-7-9-21(18)17-27-26(32)20-12-13-24-23(16-20)28-19(2)30(24)15-14-25(31)29-22-10-4-3-5-11-22/h6-9,12-13,16,22H,3-5,10-11,14-15,17H2,1-2H3,(H,27,32)(H,29,31). The van der Waals surface area contributed by atoms with E-state index in [1.54, 1.807) is 0 Å². The molecule has 0 bridgehead atoms. The molecule has 0 aliphatic heterocycles. The SMILES string of the molecule is Cc1ccccc1CNC(=O)c1ccc2c(c1)nc(C)n2CCC(=O)NC1CCCCC1. The van der Waals surface area contributed by atoms with E-state index in [-0.39, 0.29) is 11.8 Å². The molecule has 1 aromatic heterocycles. The second-order valence-electron chi connectivity index (χ2n) is 8.78. The Labute approximate surface area is 189 Å². The fourth-order valence-electron chi connectivity index (χ4n) is 4.52. The largest absolute Gasteiger partial charge is 0.353 e. The van der Waals surface area contributed by atoms with Crippen molar-refractivity contribution < 1.29 is 9.59 Å². The van der Waals surface area contributed by atoms with E-state index in [1.807, 2.05) is 56.3 Å². The predicted octanol–water partition coefficient (Wildman–Crippen LogP) is 4.42. The minimum atomic E-state index is -0.116. The van der Waals surface area contributed by atoms with Gasteiger partial charge in [0.25, 0.3) is 5.91 Å². The smallest absolute Gasteiger partial charge is 0.251 e. The molecule has 6 heteroatoms. The van der Waals surface area contributed by atoms with E-state index in [9.17, 15) is 9.59 Å². The molecule has 0 saturated heterocycles. The van der Waals surface area contributed by atoms with Gasteiger partial charge in [0.1, 0.15) is 5.82 Å². The minimum Gasteiger partial charge on any atom is -0.353 e. The number of aromatic nitrogens is 2. The molecule has 0 unspecified atom stereocenters. The van der Waals surface area contributed by atoms with E-state index in [4.69, 9.17) is 0 Å². The summed E-state index contributed by atoms with van der Waals surface area (Å²) in [7, 11) is 0. The molecule has 2 N–H and O–H groups in total. The summed E-state index contributed by atoms with van der Waals surface area (Å²) in [5.41, 5.74) is 4.58. The fourth-order valence-corrected chi connectivity index (χ4v) is 4.52. The number of hydrogen-bond donors (Lipinski definition) is 2. The van der Waals surface area contributed by atoms with Gasteiger partial charge in [-0.15, -0.1) is 0 Å². The summed E-state index contributed by atoms with van der Waals surface area (Å²) in [5, 5.41) is 6.17. The highest BCUT2D eigenvalue weighted by Crippen LogP contribution is 2.20. The summed E-state index contributed by atoms with van der Waals surface area (Å²) in [6.07, 6.45) is 6.30. The summed E-state index contributed by atoms with van der Waals surface area (Å²) in [6, 6.07) is 13.9. The number of rotatable bonds is 7. The molecule has 1 saturated carbocycles. The monoisotopic (exact) mass is 432 g/mol. The summed E-state index contributed by atoms with van der Waals surface area (Å²) in [4.78, 5) is 29.7. The van der Waals surface area contributed by atoms with Crippen LogP contribution < -0.4 is 10.6 Å². The van der Waals surface area contributed by atoms with Crippen molar-refractivity contribution in [1.82, 2.24) is 20.2 Å². The molecule has 4 rings (SSSR count). The Bertz CT molecular complexity index is 1110. The van der Waals surface area contributed by atoms with Gasteiger partial charge in [0, 0.05) is 31.1 Å². The number of aryl methyl sites for hydroxylation is 3. The molecule has 2 amide bonds. The van der Waals surface area contributed by atoms with Crippen LogP contribution in [0.15, 0.2) is 42.5 Å². The Kier molecular flexibility index (Phi) is 6.88. The van der Waals surface area contributed by atoms with Crippen LogP contribution in [0.3, 0.4) is 0 Å². The highest BCUT2D eigenvalue weighted by molar-refractivity contribution is 5.97. The molecule has 6 nitrogen and oxygen atoms in total. The number of nitrogens with zero attached hydrogens (tertiary/aromatic N) is 2. The minimum absolute atomic E-state index is 0.102. The Balaban J connectivity index is 1.39. The van der Waals surface area contributed by atoms with Gasteiger partial charge in [-0.05, 0) is 56.0 Å². The maximum atomic E-state index is 12.7. The first-order chi connectivity index (χ1) is 15.5. The molecule has 0 radical (unpaired) electrons. The fraction of sp³-hybridized carbons (Fsp3) is 0.423. The zero-order valence-electron chi connectivity index (χ0n) is 19.0. The van der Waals surface area contributed by atoms with Crippen LogP contribution in [-0.2, 0) is 17.9 Å². The third-order valence-electron chi connectivity index (χ3n) is 6.43. The zero-order chi connectivity index (χ0) is 22.5. The Morgan fingerprint density at radius 2 is 1.84 bits per heavy atom. The van der Waals surface area contributed by atoms with E-state index in [2.05, 4.69) is 20.2 Å². The summed E-state index contributed by atoms with van der Waals surface area (Å²) in [5.74, 6) is 0.836. The van der Waals surface area contributed by atoms with Crippen molar-refractivity contribution in [2.45, 2.75) is 71.5 Å². The lowest BCUT2D eigenvalue weighted by molar-refractivity contribution is -0.122. The van der Waals surface area contributed by atoms with Crippen LogP contribution in [0.5, 0.6) is 0 Å². The van der Waals surface area contributed by atoms with Crippen LogP contribution in [0, 0.1) is 13.8 Å². The van der Waals surface area contributed by atoms with Gasteiger partial charge in [-0.1, -0.05) is 43.5 Å². The van der Waals surface area contributed by atoms with E-state index >= 15 is 0 Å². The first-order valence-electron chi connectivity index (χ1n) is 11.6. The van der Waals surface area contributed by atoms with Gasteiger partial charge in [-0.25, -0.2) is 4.98 Å². The zero-order valence-corrected chi connectivity index (χ0v) is 19.0. The van der Waals surface area contributed by atoms with Crippen molar-refractivity contribution in [2.75, 3.05) is 0 Å². The van der Waals surface area contributed by atoms with Crippen LogP contribution >= 0.6 is 0 Å². The number of hydrogen-bond acceptors (Lipinski definition) is 3. The number of nitrogens with one attached hydrogen (secondary N) is 2. The van der Waals surface area contributed by atoms with E-state index in [0.29, 0.717) is 31.1 Å². The van der Waals surface area contributed by atoms with Gasteiger partial charge >= 0.3 is 0 Å². The van der Waals surface area contributed by atoms with Crippen molar-refractivity contribution in [1.29, 1.82) is 0 Å². The number of carbonyl (C=O) groups excluding carboxylic acids is 2. The van der Waals surface area contributed by atoms with Gasteiger partial charge in [0.05, 0.1) is 11.0 Å². The van der Waals surface area contributed by atoms with Crippen molar-refractivity contribution in [3.8, 4) is 0 Å². The van der Waals surface area contributed by atoms with Crippen LogP contribution in [0.2, 0.25) is 0 Å². The molecule has 1 fully saturated rings. The summed E-state index contributed by atoms with van der Waals surface area (Å²) >= 11 is 0. The Morgan fingerprint density at radius 3 is 2.62 bits per heavy atom. The lowest BCUT2D eigenvalue weighted by atomic mass is 9.95. The topological polar surface area (TPSA) is 76.0 Å². The van der Waals surface area contributed by atoms with Crippen LogP contribution in [-0.4, -0.2) is 27.4 Å². The van der Waals surface area contributed by atoms with Crippen LogP contribution in [0.4, 0.5) is 0 Å². The molecule has 0 atom stereocenters. The number of amides is 2. The lowest BCUT2D eigenvalue weighted by Crippen LogP contribution is -2.36. The normalized spacial score (nSPS) is 14.4. The van der Waals surface area contributed by atoms with Gasteiger partial charge in [-0.3, -0.25) is 9.59 Å². The Hall–Kier alpha value is -3.15. The molecule has 3 aromatic rings. The summed E-state index contributed by atoms with van der Waals surface area (Å²) in [6.45, 7) is 5.06. The maximum absolute atomic E-state index is 12.7. The molecule has 1 aliphatic rings. The molecular formula is C26H32N4O2. The molecule has 168 valence electrons. The first kappa shape index (κ1) is 22.1. The average Bonchev–Trinajstić information content (AvgIpc) is 3.11. The Morgan fingerprint density at radius 1 is 1.06 bits per heavy atom. The quantitative estimate of drug-likeness (QED) is 0.580. The van der Waals surface area contributed by atoms with Gasteiger partial charge in [0.2, 0.25) is 5.91 Å². The molecule has 1 heterocycles. The molecule has 2 aromatic carbocycles. The van der Waals surface area contributed by atoms with E-state index < -0.39 is 0 Å². The predicted molar refractivity (Wildman–Crippen MR) is 126 cm³/mol. The second kappa shape index (κ2) is 9.98. The van der Waals surface area contributed by atoms with E-state index in [0.717, 1.165) is 40.8 Å². The molecule has 0 spiro atoms. The van der Waals surface area contributed by atoms with Crippen molar-refractivity contribution in [3.63, 3.8) is 0 Å².